The summed E-state index contributed by atoms with van der Waals surface area (Å²) in [5.41, 5.74) is 1.73. The number of aromatic hydroxyl groups is 2. The normalized spacial score (nSPS) is 22.7. The van der Waals surface area contributed by atoms with Crippen LogP contribution in [0.5, 0.6) is 11.5 Å². The molecule has 2 aromatic carbocycles. The summed E-state index contributed by atoms with van der Waals surface area (Å²) < 4.78 is 5.57. The number of carbonyl (C=O) groups is 1. The quantitative estimate of drug-likeness (QED) is 0.217. The number of aryl methyl sites for hydroxylation is 1. The van der Waals surface area contributed by atoms with Gasteiger partial charge in [-0.25, -0.2) is 0 Å². The Morgan fingerprint density at radius 2 is 1.53 bits per heavy atom. The summed E-state index contributed by atoms with van der Waals surface area (Å²) in [5, 5.41) is 64.4. The Balaban J connectivity index is 0. The number of phenolic OH excluding ortho intramolecular Hbond substituents is 2. The monoisotopic (exact) mass is 1360 g/mol. The molecule has 186 valence electrons. The van der Waals surface area contributed by atoms with Crippen LogP contribution in [-0.2, 0) is 11.2 Å². The van der Waals surface area contributed by atoms with E-state index in [9.17, 15) is 35.4 Å². The summed E-state index contributed by atoms with van der Waals surface area (Å²) >= 11 is 0. The molecule has 0 bridgehead atoms. The van der Waals surface area contributed by atoms with Crippen molar-refractivity contribution >= 4 is 5.91 Å². The second kappa shape index (κ2) is 19.3. The van der Waals surface area contributed by atoms with Gasteiger partial charge in [0.15, 0.2) is 0 Å². The maximum Gasteiger partial charge on any atom is 0.258 e. The Morgan fingerprint density at radius 1 is 0.944 bits per heavy atom. The predicted octanol–water partition coefficient (Wildman–Crippen LogP) is 0.262. The molecular weight excluding hydrogens is 1330 g/mol. The zero-order valence-corrected chi connectivity index (χ0v) is 39.2. The molecule has 0 saturated carbocycles. The van der Waals surface area contributed by atoms with Crippen molar-refractivity contribution in [1.82, 2.24) is 5.32 Å². The summed E-state index contributed by atoms with van der Waals surface area (Å²) in [7, 11) is 0. The summed E-state index contributed by atoms with van der Waals surface area (Å²) in [4.78, 5) is 12.6. The molecule has 0 unspecified atom stereocenters. The van der Waals surface area contributed by atoms with Crippen molar-refractivity contribution in [2.45, 2.75) is 50.8 Å². The van der Waals surface area contributed by atoms with Gasteiger partial charge in [-0.3, -0.25) is 4.79 Å². The second-order valence-electron chi connectivity index (χ2n) is 7.97. The molecule has 0 spiro atoms. The van der Waals surface area contributed by atoms with Crippen LogP contribution in [-0.4, -0.2) is 74.1 Å². The summed E-state index contributed by atoms with van der Waals surface area (Å²) in [6.45, 7) is 3.22. The van der Waals surface area contributed by atoms with Crippen molar-refractivity contribution in [1.29, 1.82) is 0 Å². The number of aliphatic hydroxyl groups excluding tert-OH is 4. The third-order valence-corrected chi connectivity index (χ3v) is 5.66. The van der Waals surface area contributed by atoms with E-state index >= 15 is 0 Å². The Labute approximate surface area is 353 Å². The van der Waals surface area contributed by atoms with Gasteiger partial charge in [-0.1, -0.05) is 29.8 Å². The number of rotatable bonds is 6. The van der Waals surface area contributed by atoms with Gasteiger partial charge in [0, 0.05) is 195 Å². The molecule has 2 aromatic rings. The Morgan fingerprint density at radius 3 is 2.06 bits per heavy atom. The fourth-order valence-electron chi connectivity index (χ4n) is 3.84. The van der Waals surface area contributed by atoms with Crippen molar-refractivity contribution in [3.05, 3.63) is 58.1 Å². The molecule has 0 aromatic heterocycles. The van der Waals surface area contributed by atoms with Gasteiger partial charge in [-0.05, 0) is 31.0 Å². The second-order valence-corrected chi connectivity index (χ2v) is 7.97. The van der Waals surface area contributed by atoms with Crippen LogP contribution in [0, 0.1) is 183 Å². The van der Waals surface area contributed by atoms with Crippen LogP contribution in [0.15, 0.2) is 30.3 Å². The minimum atomic E-state index is -1.66. The fourth-order valence-corrected chi connectivity index (χ4v) is 3.84. The third kappa shape index (κ3) is 9.83. The van der Waals surface area contributed by atoms with Crippen LogP contribution in [0.2, 0.25) is 0 Å². The van der Waals surface area contributed by atoms with Crippen molar-refractivity contribution in [2.24, 2.45) is 0 Å². The molecule has 36 heavy (non-hydrogen) atoms. The van der Waals surface area contributed by atoms with Crippen LogP contribution >= 0.6 is 0 Å². The Hall–Kier alpha value is 3.08. The van der Waals surface area contributed by atoms with Crippen LogP contribution in [0.4, 0.5) is 0 Å². The zero-order chi connectivity index (χ0) is 23.6. The average molecular weight is 1360 g/mol. The number of phenols is 2. The molecule has 5 atom stereocenters. The molecule has 7 N–H and O–H groups in total. The first-order chi connectivity index (χ1) is 15.2. The SMILES string of the molecule is CCNC(=O)c1c(O)c(Cc2ccc(C)cc2)cc([C@@H]2O[C@H](CO)[C@@H](O)[C@H](O)[C@H]2O)c1O.[Ac].[Ac].[Ac].[Ac]. The van der Waals surface area contributed by atoms with E-state index in [4.69, 9.17) is 4.74 Å². The zero-order valence-electron chi connectivity index (χ0n) is 20.2. The van der Waals surface area contributed by atoms with E-state index in [2.05, 4.69) is 5.32 Å². The van der Waals surface area contributed by atoms with E-state index in [1.165, 1.54) is 6.07 Å². The molecule has 9 nitrogen and oxygen atoms in total. The molecule has 1 fully saturated rings. The minimum absolute atomic E-state index is 0. The molecule has 0 aliphatic carbocycles. The van der Waals surface area contributed by atoms with Gasteiger partial charge in [0.05, 0.1) is 6.61 Å². The summed E-state index contributed by atoms with van der Waals surface area (Å²) in [6, 6.07) is 8.91. The maximum atomic E-state index is 12.6. The van der Waals surface area contributed by atoms with Crippen molar-refractivity contribution in [3.63, 3.8) is 0 Å². The third-order valence-electron chi connectivity index (χ3n) is 5.66. The maximum absolute atomic E-state index is 12.6. The van der Waals surface area contributed by atoms with Gasteiger partial charge in [0.2, 0.25) is 0 Å². The predicted molar refractivity (Wildman–Crippen MR) is 114 cm³/mol. The molecule has 1 heterocycles. The molecule has 1 amide bonds. The number of nitrogens with one attached hydrogen (secondary N) is 1. The topological polar surface area (TPSA) is 160 Å². The van der Waals surface area contributed by atoms with Crippen LogP contribution in [0.3, 0.4) is 0 Å². The van der Waals surface area contributed by atoms with E-state index < -0.39 is 54.5 Å². The van der Waals surface area contributed by atoms with Gasteiger partial charge >= 0.3 is 0 Å². The van der Waals surface area contributed by atoms with E-state index in [1.807, 2.05) is 31.2 Å². The molecule has 1 aliphatic rings. The number of hydrogen-bond donors (Lipinski definition) is 7. The summed E-state index contributed by atoms with van der Waals surface area (Å²) in [6.07, 6.45) is -7.23. The average Bonchev–Trinajstić information content (AvgIpc) is 2.76. The first-order valence-corrected chi connectivity index (χ1v) is 10.4. The number of hydrogen-bond acceptors (Lipinski definition) is 8. The van der Waals surface area contributed by atoms with Crippen LogP contribution in [0.25, 0.3) is 0 Å². The van der Waals surface area contributed by atoms with Gasteiger partial charge < -0.3 is 40.7 Å². The molecule has 1 aliphatic heterocycles. The van der Waals surface area contributed by atoms with Gasteiger partial charge in [0.25, 0.3) is 5.91 Å². The van der Waals surface area contributed by atoms with Crippen molar-refractivity contribution < 1.29 is 216 Å². The number of benzene rings is 2. The van der Waals surface area contributed by atoms with Gasteiger partial charge in [-0.15, -0.1) is 0 Å². The van der Waals surface area contributed by atoms with Crippen LogP contribution < -0.4 is 5.32 Å². The fraction of sp³-hybridized carbons (Fsp3) is 0.435. The van der Waals surface area contributed by atoms with E-state index in [-0.39, 0.29) is 200 Å². The first-order valence-electron chi connectivity index (χ1n) is 10.4. The molecular formula is C23H29Ac4NO8. The van der Waals surface area contributed by atoms with Gasteiger partial charge in [0.1, 0.15) is 47.6 Å². The smallest absolute Gasteiger partial charge is 0.258 e. The standard InChI is InChI=1S/C23H29NO8.4Ac/c1-3-24-23(31)16-17(26)13(8-12-6-4-11(2)5-7-12)9-14(18(16)27)22-21(30)20(29)19(28)15(10-25)32-22;;;;/h4-7,9,15,19-22,25-30H,3,8,10H2,1-2H3,(H,24,31);;;;/t15-,19-,20+,21-,22+;;;;/m1..../s1. The van der Waals surface area contributed by atoms with Crippen molar-refractivity contribution in [3.8, 4) is 11.5 Å². The van der Waals surface area contributed by atoms with Gasteiger partial charge in [-0.2, -0.15) is 0 Å². The van der Waals surface area contributed by atoms with Crippen LogP contribution in [0.1, 0.15) is 45.6 Å². The molecule has 3 rings (SSSR count). The van der Waals surface area contributed by atoms with E-state index in [0.29, 0.717) is 5.56 Å². The minimum Gasteiger partial charge on any atom is -0.507 e. The number of aliphatic hydroxyl groups is 4. The van der Waals surface area contributed by atoms with E-state index in [1.54, 1.807) is 6.92 Å². The molecule has 1 saturated heterocycles. The van der Waals surface area contributed by atoms with E-state index in [0.717, 1.165) is 11.1 Å². The number of amides is 1. The molecule has 4 radical (unpaired) electrons. The Kier molecular flexibility index (Phi) is 22.1. The summed E-state index contributed by atoms with van der Waals surface area (Å²) in [5.74, 6) is -1.76. The Bertz CT molecular complexity index is 978. The number of carbonyl (C=O) groups excluding carboxylic acids is 1. The largest absolute Gasteiger partial charge is 0.507 e. The first kappa shape index (κ1) is 41.2. The number of ether oxygens (including phenoxy) is 1. The van der Waals surface area contributed by atoms with Crippen molar-refractivity contribution in [2.75, 3.05) is 13.2 Å². The molecule has 13 heteroatoms.